The van der Waals surface area contributed by atoms with Gasteiger partial charge < -0.3 is 19.1 Å². The number of piperazine rings is 1. The van der Waals surface area contributed by atoms with E-state index in [4.69, 9.17) is 8.83 Å². The summed E-state index contributed by atoms with van der Waals surface area (Å²) in [6, 6.07) is 11.9. The van der Waals surface area contributed by atoms with E-state index in [1.54, 1.807) is 12.1 Å². The summed E-state index contributed by atoms with van der Waals surface area (Å²) < 4.78 is 24.9. The van der Waals surface area contributed by atoms with Gasteiger partial charge in [0.05, 0.1) is 0 Å². The molecule has 0 unspecified atom stereocenters. The molecule has 28 heavy (non-hydrogen) atoms. The highest BCUT2D eigenvalue weighted by Crippen LogP contribution is 2.28. The van der Waals surface area contributed by atoms with Crippen LogP contribution in [0.15, 0.2) is 56.1 Å². The van der Waals surface area contributed by atoms with Gasteiger partial charge in [-0.2, -0.15) is 0 Å². The number of nitrogens with zero attached hydrogens (tertiary/aromatic N) is 2. The van der Waals surface area contributed by atoms with Crippen LogP contribution in [0.3, 0.4) is 0 Å². The average molecular weight is 402 g/mol. The number of anilines is 1. The highest BCUT2D eigenvalue weighted by atomic mass is 35.5. The maximum atomic E-state index is 13.9. The minimum Gasteiger partial charge on any atom is -0.436 e. The lowest BCUT2D eigenvalue weighted by molar-refractivity contribution is 0.552. The number of oxazole rings is 1. The first-order valence-corrected chi connectivity index (χ1v) is 8.78. The van der Waals surface area contributed by atoms with Gasteiger partial charge in [-0.05, 0) is 30.3 Å². The number of aromatic nitrogens is 1. The Morgan fingerprint density at radius 3 is 2.64 bits per heavy atom. The van der Waals surface area contributed by atoms with Crippen LogP contribution in [0.2, 0.25) is 0 Å². The van der Waals surface area contributed by atoms with Crippen molar-refractivity contribution in [2.45, 2.75) is 0 Å². The van der Waals surface area contributed by atoms with Gasteiger partial charge >= 0.3 is 5.63 Å². The number of benzene rings is 2. The smallest absolute Gasteiger partial charge is 0.349 e. The van der Waals surface area contributed by atoms with E-state index in [9.17, 15) is 9.18 Å². The standard InChI is InChI=1S/C20H16FN3O3.ClH/c21-15-2-1-3-16-18(15)23-19(26-16)14-10-12-4-5-13(11-17(12)27-20(14)25)24-8-6-22-7-9-24;/h1-5,10-11,22H,6-9H2;1H. The summed E-state index contributed by atoms with van der Waals surface area (Å²) >= 11 is 0. The predicted molar refractivity (Wildman–Crippen MR) is 108 cm³/mol. The fourth-order valence-corrected chi connectivity index (χ4v) is 3.40. The van der Waals surface area contributed by atoms with Crippen LogP contribution in [0.4, 0.5) is 10.1 Å². The van der Waals surface area contributed by atoms with E-state index in [0.29, 0.717) is 11.2 Å². The van der Waals surface area contributed by atoms with Gasteiger partial charge in [-0.25, -0.2) is 14.2 Å². The molecule has 0 aliphatic carbocycles. The van der Waals surface area contributed by atoms with Crippen molar-refractivity contribution < 1.29 is 13.2 Å². The molecule has 1 aliphatic rings. The second-order valence-electron chi connectivity index (χ2n) is 6.51. The minimum absolute atomic E-state index is 0. The molecule has 2 aromatic heterocycles. The number of para-hydroxylation sites is 1. The molecule has 1 saturated heterocycles. The normalized spacial score (nSPS) is 14.4. The fraction of sp³-hybridized carbons (Fsp3) is 0.200. The SMILES string of the molecule is Cl.O=c1oc2cc(N3CCNCC3)ccc2cc1-c1nc2c(F)cccc2o1. The first-order chi connectivity index (χ1) is 13.2. The molecule has 0 saturated carbocycles. The summed E-state index contributed by atoms with van der Waals surface area (Å²) in [6.45, 7) is 3.66. The molecule has 0 radical (unpaired) electrons. The lowest BCUT2D eigenvalue weighted by atomic mass is 10.1. The third-order valence-corrected chi connectivity index (χ3v) is 4.80. The van der Waals surface area contributed by atoms with E-state index in [2.05, 4.69) is 15.2 Å². The van der Waals surface area contributed by atoms with E-state index in [-0.39, 0.29) is 29.4 Å². The van der Waals surface area contributed by atoms with Crippen LogP contribution in [-0.2, 0) is 0 Å². The van der Waals surface area contributed by atoms with E-state index < -0.39 is 11.4 Å². The Kier molecular flexibility index (Phi) is 4.78. The summed E-state index contributed by atoms with van der Waals surface area (Å²) in [7, 11) is 0. The summed E-state index contributed by atoms with van der Waals surface area (Å²) in [4.78, 5) is 18.9. The molecule has 8 heteroatoms. The Labute approximate surface area is 165 Å². The van der Waals surface area contributed by atoms with Crippen molar-refractivity contribution in [3.8, 4) is 11.5 Å². The molecule has 2 aromatic carbocycles. The topological polar surface area (TPSA) is 71.5 Å². The third kappa shape index (κ3) is 3.12. The Morgan fingerprint density at radius 2 is 1.86 bits per heavy atom. The fourth-order valence-electron chi connectivity index (χ4n) is 3.40. The summed E-state index contributed by atoms with van der Waals surface area (Å²) in [5, 5.41) is 4.07. The van der Waals surface area contributed by atoms with Crippen LogP contribution < -0.4 is 15.8 Å². The molecule has 0 spiro atoms. The molecule has 6 nitrogen and oxygen atoms in total. The highest BCUT2D eigenvalue weighted by molar-refractivity contribution is 5.85. The second-order valence-corrected chi connectivity index (χ2v) is 6.51. The molecule has 0 bridgehead atoms. The quantitative estimate of drug-likeness (QED) is 0.518. The molecule has 0 amide bonds. The molecular weight excluding hydrogens is 385 g/mol. The molecule has 1 N–H and O–H groups in total. The third-order valence-electron chi connectivity index (χ3n) is 4.80. The average Bonchev–Trinajstić information content (AvgIpc) is 3.13. The number of hydrogen-bond donors (Lipinski definition) is 1. The number of rotatable bonds is 2. The van der Waals surface area contributed by atoms with Crippen molar-refractivity contribution in [2.75, 3.05) is 31.1 Å². The first kappa shape index (κ1) is 18.5. The Bertz CT molecular complexity index is 1210. The second kappa shape index (κ2) is 7.26. The largest absolute Gasteiger partial charge is 0.436 e. The molecule has 0 atom stereocenters. The van der Waals surface area contributed by atoms with Gasteiger partial charge in [0.15, 0.2) is 11.4 Å². The van der Waals surface area contributed by atoms with Crippen molar-refractivity contribution in [3.05, 3.63) is 58.7 Å². The van der Waals surface area contributed by atoms with E-state index in [1.165, 1.54) is 12.1 Å². The van der Waals surface area contributed by atoms with Crippen LogP contribution in [0.25, 0.3) is 33.5 Å². The Balaban J connectivity index is 0.00000192. The van der Waals surface area contributed by atoms with Crippen LogP contribution in [0, 0.1) is 5.82 Å². The van der Waals surface area contributed by atoms with E-state index in [1.807, 2.05) is 18.2 Å². The molecule has 5 rings (SSSR count). The van der Waals surface area contributed by atoms with Crippen LogP contribution in [-0.4, -0.2) is 31.2 Å². The summed E-state index contributed by atoms with van der Waals surface area (Å²) in [6.07, 6.45) is 0. The maximum Gasteiger partial charge on any atom is 0.349 e. The van der Waals surface area contributed by atoms with Gasteiger partial charge in [0.2, 0.25) is 5.89 Å². The van der Waals surface area contributed by atoms with Gasteiger partial charge in [0, 0.05) is 43.3 Å². The van der Waals surface area contributed by atoms with Gasteiger partial charge in [-0.15, -0.1) is 12.4 Å². The molecule has 144 valence electrons. The maximum absolute atomic E-state index is 13.9. The lowest BCUT2D eigenvalue weighted by Crippen LogP contribution is -2.43. The molecule has 1 fully saturated rings. The van der Waals surface area contributed by atoms with Crippen molar-refractivity contribution in [1.29, 1.82) is 0 Å². The minimum atomic E-state index is -0.563. The zero-order valence-electron chi connectivity index (χ0n) is 14.8. The van der Waals surface area contributed by atoms with Crippen molar-refractivity contribution in [2.24, 2.45) is 0 Å². The number of halogens is 2. The number of hydrogen-bond acceptors (Lipinski definition) is 6. The van der Waals surface area contributed by atoms with Crippen LogP contribution in [0.5, 0.6) is 0 Å². The summed E-state index contributed by atoms with van der Waals surface area (Å²) in [5.74, 6) is -0.440. The van der Waals surface area contributed by atoms with Crippen molar-refractivity contribution >= 4 is 40.2 Å². The van der Waals surface area contributed by atoms with E-state index in [0.717, 1.165) is 37.3 Å². The van der Waals surface area contributed by atoms with Gasteiger partial charge in [-0.1, -0.05) is 6.07 Å². The number of fused-ring (bicyclic) bond motifs is 2. The van der Waals surface area contributed by atoms with Gasteiger partial charge in [-0.3, -0.25) is 0 Å². The summed E-state index contributed by atoms with van der Waals surface area (Å²) in [5.41, 5.74) is 1.52. The molecule has 4 aromatic rings. The van der Waals surface area contributed by atoms with Crippen LogP contribution in [0.1, 0.15) is 0 Å². The Hall–Kier alpha value is -2.90. The number of nitrogens with one attached hydrogen (secondary N) is 1. The monoisotopic (exact) mass is 401 g/mol. The van der Waals surface area contributed by atoms with E-state index >= 15 is 0 Å². The lowest BCUT2D eigenvalue weighted by Gasteiger charge is -2.29. The predicted octanol–water partition coefficient (Wildman–Crippen LogP) is 3.57. The molecule has 1 aliphatic heterocycles. The molecular formula is C20H17ClFN3O3. The van der Waals surface area contributed by atoms with Crippen molar-refractivity contribution in [3.63, 3.8) is 0 Å². The van der Waals surface area contributed by atoms with Gasteiger partial charge in [0.25, 0.3) is 0 Å². The van der Waals surface area contributed by atoms with Gasteiger partial charge in [0.1, 0.15) is 16.7 Å². The molecule has 3 heterocycles. The van der Waals surface area contributed by atoms with Crippen LogP contribution >= 0.6 is 12.4 Å². The zero-order valence-corrected chi connectivity index (χ0v) is 15.6. The van der Waals surface area contributed by atoms with Crippen molar-refractivity contribution in [1.82, 2.24) is 10.3 Å². The zero-order chi connectivity index (χ0) is 18.4. The Morgan fingerprint density at radius 1 is 1.04 bits per heavy atom. The highest BCUT2D eigenvalue weighted by Gasteiger charge is 2.17. The first-order valence-electron chi connectivity index (χ1n) is 8.78.